The predicted molar refractivity (Wildman–Crippen MR) is 116 cm³/mol. The van der Waals surface area contributed by atoms with Crippen LogP contribution in [-0.4, -0.2) is 59.8 Å². The van der Waals surface area contributed by atoms with Gasteiger partial charge < -0.3 is 9.72 Å². The molecule has 1 aromatic carbocycles. The zero-order valence-electron chi connectivity index (χ0n) is 15.7. The minimum absolute atomic E-state index is 0.0974. The predicted octanol–water partition coefficient (Wildman–Crippen LogP) is 3.01. The molecule has 0 bridgehead atoms. The van der Waals surface area contributed by atoms with Crippen LogP contribution in [0.4, 0.5) is 5.13 Å². The van der Waals surface area contributed by atoms with E-state index in [2.05, 4.69) is 15.3 Å². The van der Waals surface area contributed by atoms with Crippen LogP contribution in [0.2, 0.25) is 0 Å². The number of carbonyl (C=O) groups is 1. The molecule has 1 aliphatic heterocycles. The van der Waals surface area contributed by atoms with Gasteiger partial charge in [-0.05, 0) is 31.2 Å². The number of aromatic amines is 1. The van der Waals surface area contributed by atoms with E-state index in [1.54, 1.807) is 11.8 Å². The van der Waals surface area contributed by atoms with E-state index in [-0.39, 0.29) is 10.6 Å². The fourth-order valence-electron chi connectivity index (χ4n) is 2.97. The maximum absolute atomic E-state index is 12.7. The Labute approximate surface area is 176 Å². The Kier molecular flexibility index (Phi) is 5.81. The molecule has 29 heavy (non-hydrogen) atoms. The van der Waals surface area contributed by atoms with Crippen molar-refractivity contribution in [2.24, 2.45) is 0 Å². The number of ether oxygens (including phenoxy) is 1. The van der Waals surface area contributed by atoms with Crippen LogP contribution in [-0.2, 0) is 10.0 Å². The lowest BCUT2D eigenvalue weighted by Crippen LogP contribution is -2.37. The second kappa shape index (κ2) is 8.34. The van der Waals surface area contributed by atoms with Crippen molar-refractivity contribution < 1.29 is 17.9 Å². The first-order valence-electron chi connectivity index (χ1n) is 9.08. The Hall–Kier alpha value is -2.08. The SMILES string of the molecule is CCOc1ccc2nc(NC(=O)c3cc(S(=O)(=O)N4CCSCC4)c[nH]3)sc2c1. The second-order valence-corrected chi connectivity index (χ2v) is 10.5. The van der Waals surface area contributed by atoms with Crippen molar-refractivity contribution in [2.75, 3.05) is 36.5 Å². The van der Waals surface area contributed by atoms with Crippen molar-refractivity contribution in [1.82, 2.24) is 14.3 Å². The highest BCUT2D eigenvalue weighted by molar-refractivity contribution is 7.99. The van der Waals surface area contributed by atoms with Gasteiger partial charge in [-0.2, -0.15) is 16.1 Å². The van der Waals surface area contributed by atoms with Gasteiger partial charge >= 0.3 is 0 Å². The van der Waals surface area contributed by atoms with Gasteiger partial charge in [0.2, 0.25) is 10.0 Å². The molecule has 1 saturated heterocycles. The molecule has 3 aromatic rings. The first-order valence-corrected chi connectivity index (χ1v) is 12.5. The van der Waals surface area contributed by atoms with Gasteiger partial charge in [0.15, 0.2) is 5.13 Å². The Morgan fingerprint density at radius 1 is 1.31 bits per heavy atom. The van der Waals surface area contributed by atoms with Crippen LogP contribution < -0.4 is 10.1 Å². The number of benzene rings is 1. The Morgan fingerprint density at radius 2 is 2.10 bits per heavy atom. The molecule has 3 heterocycles. The lowest BCUT2D eigenvalue weighted by molar-refractivity contribution is 0.102. The summed E-state index contributed by atoms with van der Waals surface area (Å²) in [4.78, 5) is 19.8. The highest BCUT2D eigenvalue weighted by atomic mass is 32.2. The number of fused-ring (bicyclic) bond motifs is 1. The number of anilines is 1. The van der Waals surface area contributed by atoms with Crippen molar-refractivity contribution in [3.63, 3.8) is 0 Å². The number of thiazole rings is 1. The van der Waals surface area contributed by atoms with Crippen molar-refractivity contribution in [1.29, 1.82) is 0 Å². The fourth-order valence-corrected chi connectivity index (χ4v) is 6.43. The maximum Gasteiger partial charge on any atom is 0.273 e. The first kappa shape index (κ1) is 20.2. The molecule has 2 aromatic heterocycles. The molecule has 1 fully saturated rings. The zero-order valence-corrected chi connectivity index (χ0v) is 18.1. The van der Waals surface area contributed by atoms with Gasteiger partial charge in [-0.25, -0.2) is 13.4 Å². The van der Waals surface area contributed by atoms with E-state index in [4.69, 9.17) is 4.74 Å². The molecule has 0 radical (unpaired) electrons. The van der Waals surface area contributed by atoms with Gasteiger partial charge in [0.1, 0.15) is 16.3 Å². The summed E-state index contributed by atoms with van der Waals surface area (Å²) in [6, 6.07) is 6.91. The minimum Gasteiger partial charge on any atom is -0.494 e. The molecule has 0 spiro atoms. The second-order valence-electron chi connectivity index (χ2n) is 6.30. The van der Waals surface area contributed by atoms with E-state index in [0.717, 1.165) is 27.5 Å². The third-order valence-corrected chi connectivity index (χ3v) is 8.15. The van der Waals surface area contributed by atoms with Gasteiger partial charge in [0.05, 0.1) is 16.8 Å². The van der Waals surface area contributed by atoms with E-state index in [9.17, 15) is 13.2 Å². The molecule has 0 saturated carbocycles. The number of rotatable bonds is 6. The highest BCUT2D eigenvalue weighted by Gasteiger charge is 2.28. The number of hydrogen-bond acceptors (Lipinski definition) is 7. The lowest BCUT2D eigenvalue weighted by atomic mass is 10.3. The van der Waals surface area contributed by atoms with Gasteiger partial charge in [-0.15, -0.1) is 0 Å². The first-order chi connectivity index (χ1) is 14.0. The summed E-state index contributed by atoms with van der Waals surface area (Å²) in [6.07, 6.45) is 1.36. The topological polar surface area (TPSA) is 104 Å². The van der Waals surface area contributed by atoms with E-state index >= 15 is 0 Å². The van der Waals surface area contributed by atoms with E-state index in [1.807, 2.05) is 25.1 Å². The summed E-state index contributed by atoms with van der Waals surface area (Å²) in [7, 11) is -3.60. The number of nitrogens with zero attached hydrogens (tertiary/aromatic N) is 2. The van der Waals surface area contributed by atoms with Crippen molar-refractivity contribution in [3.8, 4) is 5.75 Å². The quantitative estimate of drug-likeness (QED) is 0.596. The molecule has 154 valence electrons. The van der Waals surface area contributed by atoms with Gasteiger partial charge in [-0.1, -0.05) is 11.3 Å². The number of thioether (sulfide) groups is 1. The molecule has 0 unspecified atom stereocenters. The Balaban J connectivity index is 1.50. The molecule has 8 nitrogen and oxygen atoms in total. The molecule has 1 amide bonds. The minimum atomic E-state index is -3.60. The van der Waals surface area contributed by atoms with Crippen LogP contribution in [0.25, 0.3) is 10.2 Å². The van der Waals surface area contributed by atoms with Gasteiger partial charge in [-0.3, -0.25) is 10.1 Å². The summed E-state index contributed by atoms with van der Waals surface area (Å²) in [5.41, 5.74) is 0.927. The Morgan fingerprint density at radius 3 is 2.86 bits per heavy atom. The molecular weight excluding hydrogens is 432 g/mol. The number of aromatic nitrogens is 2. The molecule has 1 aliphatic rings. The summed E-state index contributed by atoms with van der Waals surface area (Å²) in [5, 5.41) is 3.16. The van der Waals surface area contributed by atoms with Crippen LogP contribution in [0, 0.1) is 0 Å². The van der Waals surface area contributed by atoms with Crippen molar-refractivity contribution >= 4 is 54.4 Å². The molecule has 11 heteroatoms. The van der Waals surface area contributed by atoms with Gasteiger partial charge in [0.25, 0.3) is 5.91 Å². The van der Waals surface area contributed by atoms with Crippen LogP contribution in [0.1, 0.15) is 17.4 Å². The fraction of sp³-hybridized carbons (Fsp3) is 0.333. The number of amides is 1. The average Bonchev–Trinajstić information content (AvgIpc) is 3.36. The molecule has 0 atom stereocenters. The average molecular weight is 453 g/mol. The third kappa shape index (κ3) is 4.27. The van der Waals surface area contributed by atoms with E-state index in [0.29, 0.717) is 24.8 Å². The lowest BCUT2D eigenvalue weighted by Gasteiger charge is -2.24. The normalized spacial score (nSPS) is 15.5. The van der Waals surface area contributed by atoms with E-state index < -0.39 is 15.9 Å². The van der Waals surface area contributed by atoms with Crippen LogP contribution in [0.15, 0.2) is 35.4 Å². The molecule has 4 rings (SSSR count). The van der Waals surface area contributed by atoms with Gasteiger partial charge in [0, 0.05) is 30.8 Å². The highest BCUT2D eigenvalue weighted by Crippen LogP contribution is 2.29. The third-order valence-electron chi connectivity index (χ3n) is 4.40. The summed E-state index contributed by atoms with van der Waals surface area (Å²) in [6.45, 7) is 3.45. The smallest absolute Gasteiger partial charge is 0.273 e. The maximum atomic E-state index is 12.7. The molecular formula is C18H20N4O4S3. The van der Waals surface area contributed by atoms with Crippen molar-refractivity contribution in [3.05, 3.63) is 36.2 Å². The van der Waals surface area contributed by atoms with E-state index in [1.165, 1.54) is 27.9 Å². The number of carbonyl (C=O) groups excluding carboxylic acids is 1. The molecule has 0 aliphatic carbocycles. The Bertz CT molecular complexity index is 1130. The van der Waals surface area contributed by atoms with Crippen molar-refractivity contribution in [2.45, 2.75) is 11.8 Å². The largest absolute Gasteiger partial charge is 0.494 e. The van der Waals surface area contributed by atoms with Crippen LogP contribution >= 0.6 is 23.1 Å². The summed E-state index contributed by atoms with van der Waals surface area (Å²) < 4.78 is 33.3. The number of H-pyrrole nitrogens is 1. The zero-order chi connectivity index (χ0) is 20.4. The number of nitrogens with one attached hydrogen (secondary N) is 2. The molecule has 2 N–H and O–H groups in total. The van der Waals surface area contributed by atoms with Crippen LogP contribution in [0.3, 0.4) is 0 Å². The number of sulfonamides is 1. The standard InChI is InChI=1S/C18H20N4O4S3/c1-2-26-12-3-4-14-16(9-12)28-18(20-14)21-17(23)15-10-13(11-19-15)29(24,25)22-5-7-27-8-6-22/h3-4,9-11,19H,2,5-8H2,1H3,(H,20,21,23). The summed E-state index contributed by atoms with van der Waals surface area (Å²) in [5.74, 6) is 1.86. The monoisotopic (exact) mass is 452 g/mol. The summed E-state index contributed by atoms with van der Waals surface area (Å²) >= 11 is 3.06. The number of hydrogen-bond donors (Lipinski definition) is 2. The van der Waals surface area contributed by atoms with Crippen LogP contribution in [0.5, 0.6) is 5.75 Å².